The molecule has 5 rings (SSSR count). The zero-order chi connectivity index (χ0) is 19.3. The Balaban J connectivity index is 1.92. The first-order valence-electron chi connectivity index (χ1n) is 9.06. The number of ether oxygens (including phenoxy) is 1. The van der Waals surface area contributed by atoms with Crippen LogP contribution in [0.2, 0.25) is 0 Å². The van der Waals surface area contributed by atoms with E-state index in [0.717, 1.165) is 27.2 Å². The number of benzene rings is 2. The molecule has 0 saturated carbocycles. The van der Waals surface area contributed by atoms with Crippen molar-refractivity contribution in [1.82, 2.24) is 14.7 Å². The van der Waals surface area contributed by atoms with E-state index in [4.69, 9.17) is 4.74 Å². The molecule has 0 aliphatic rings. The van der Waals surface area contributed by atoms with Crippen LogP contribution in [-0.2, 0) is 4.74 Å². The molecule has 3 aromatic heterocycles. The summed E-state index contributed by atoms with van der Waals surface area (Å²) in [6.45, 7) is 0.832. The maximum Gasteiger partial charge on any atom is 0.270 e. The van der Waals surface area contributed by atoms with Crippen molar-refractivity contribution in [2.24, 2.45) is 0 Å². The van der Waals surface area contributed by atoms with Gasteiger partial charge in [0.05, 0.1) is 23.2 Å². The van der Waals surface area contributed by atoms with Gasteiger partial charge >= 0.3 is 0 Å². The van der Waals surface area contributed by atoms with Gasteiger partial charge in [0.15, 0.2) is 0 Å². The third-order valence-electron chi connectivity index (χ3n) is 5.09. The molecule has 0 spiro atoms. The van der Waals surface area contributed by atoms with E-state index in [1.165, 1.54) is 0 Å². The molecule has 1 N–H and O–H groups in total. The summed E-state index contributed by atoms with van der Waals surface area (Å²) in [7, 11) is 1.59. The second-order valence-electron chi connectivity index (χ2n) is 6.70. The molecular formula is C22H17N3O3. The highest BCUT2D eigenvalue weighted by atomic mass is 16.5. The number of fused-ring (bicyclic) bond motifs is 5. The van der Waals surface area contributed by atoms with Crippen molar-refractivity contribution >= 4 is 44.0 Å². The van der Waals surface area contributed by atoms with Gasteiger partial charge in [-0.2, -0.15) is 0 Å². The highest BCUT2D eigenvalue weighted by Gasteiger charge is 2.20. The van der Waals surface area contributed by atoms with Gasteiger partial charge in [-0.3, -0.25) is 14.0 Å². The van der Waals surface area contributed by atoms with Crippen molar-refractivity contribution in [3.8, 4) is 0 Å². The topological polar surface area (TPSA) is 72.7 Å². The summed E-state index contributed by atoms with van der Waals surface area (Å²) in [6.07, 6.45) is 0. The minimum Gasteiger partial charge on any atom is -0.383 e. The molecule has 6 nitrogen and oxygen atoms in total. The van der Waals surface area contributed by atoms with Crippen molar-refractivity contribution in [3.05, 3.63) is 70.6 Å². The largest absolute Gasteiger partial charge is 0.383 e. The van der Waals surface area contributed by atoms with E-state index in [0.29, 0.717) is 29.7 Å². The standard InChI is InChI=1S/C22H17N3O3/c1-28-11-10-23-21(26)17-12-16-13-6-4-5-9-18(13)25-20(16)19(24-17)14-7-2-3-8-15(14)22(25)27/h2-9,12H,10-11H2,1H3,(H,23,26). The lowest BCUT2D eigenvalue weighted by molar-refractivity contribution is 0.0932. The average Bonchev–Trinajstić information content (AvgIpc) is 3.07. The number of pyridine rings is 2. The van der Waals surface area contributed by atoms with E-state index in [1.54, 1.807) is 23.6 Å². The minimum absolute atomic E-state index is 0.0756. The fraction of sp³-hybridized carbons (Fsp3) is 0.136. The third-order valence-corrected chi connectivity index (χ3v) is 5.09. The van der Waals surface area contributed by atoms with Crippen LogP contribution in [0.4, 0.5) is 0 Å². The third kappa shape index (κ3) is 2.28. The molecule has 0 unspecified atom stereocenters. The van der Waals surface area contributed by atoms with Crippen molar-refractivity contribution < 1.29 is 9.53 Å². The molecule has 0 saturated heterocycles. The highest BCUT2D eigenvalue weighted by Crippen LogP contribution is 2.33. The lowest BCUT2D eigenvalue weighted by atomic mass is 10.1. The number of methoxy groups -OCH3 is 1. The summed E-state index contributed by atoms with van der Waals surface area (Å²) in [5.41, 5.74) is 2.47. The number of rotatable bonds is 4. The molecule has 0 fully saturated rings. The fourth-order valence-electron chi connectivity index (χ4n) is 3.86. The Hall–Kier alpha value is -3.51. The number of para-hydroxylation sites is 1. The lowest BCUT2D eigenvalue weighted by Crippen LogP contribution is -2.27. The number of aromatic nitrogens is 2. The van der Waals surface area contributed by atoms with Crippen molar-refractivity contribution in [2.45, 2.75) is 0 Å². The quantitative estimate of drug-likeness (QED) is 0.389. The number of nitrogens with zero attached hydrogens (tertiary/aromatic N) is 2. The molecule has 0 aliphatic carbocycles. The predicted molar refractivity (Wildman–Crippen MR) is 109 cm³/mol. The number of amides is 1. The summed E-state index contributed by atoms with van der Waals surface area (Å²) >= 11 is 0. The maximum atomic E-state index is 13.2. The van der Waals surface area contributed by atoms with Gasteiger partial charge in [-0.15, -0.1) is 0 Å². The van der Waals surface area contributed by atoms with Crippen molar-refractivity contribution in [2.75, 3.05) is 20.3 Å². The van der Waals surface area contributed by atoms with Gasteiger partial charge in [0.2, 0.25) is 0 Å². The van der Waals surface area contributed by atoms with Crippen LogP contribution >= 0.6 is 0 Å². The average molecular weight is 371 g/mol. The molecule has 0 atom stereocenters. The summed E-state index contributed by atoms with van der Waals surface area (Å²) in [4.78, 5) is 30.5. The van der Waals surface area contributed by atoms with Gasteiger partial charge in [-0.25, -0.2) is 4.98 Å². The number of hydrogen-bond donors (Lipinski definition) is 1. The Labute approximate surface area is 159 Å². The molecule has 28 heavy (non-hydrogen) atoms. The summed E-state index contributed by atoms with van der Waals surface area (Å²) in [5, 5.41) is 5.93. The van der Waals surface area contributed by atoms with Crippen LogP contribution in [0, 0.1) is 0 Å². The van der Waals surface area contributed by atoms with Crippen LogP contribution in [0.3, 0.4) is 0 Å². The molecular weight excluding hydrogens is 354 g/mol. The molecule has 0 aliphatic heterocycles. The van der Waals surface area contributed by atoms with Crippen LogP contribution in [-0.4, -0.2) is 35.6 Å². The molecule has 2 aromatic carbocycles. The van der Waals surface area contributed by atoms with E-state index >= 15 is 0 Å². The SMILES string of the molecule is COCCNC(=O)c1cc2c3ccccc3n3c(=O)c4ccccc4c(n1)c23. The summed E-state index contributed by atoms with van der Waals surface area (Å²) in [6, 6.07) is 16.9. The second-order valence-corrected chi connectivity index (χ2v) is 6.70. The number of nitrogens with one attached hydrogen (secondary N) is 1. The summed E-state index contributed by atoms with van der Waals surface area (Å²) in [5.74, 6) is -0.263. The Kier molecular flexibility index (Phi) is 3.74. The van der Waals surface area contributed by atoms with Crippen LogP contribution in [0.25, 0.3) is 38.1 Å². The maximum absolute atomic E-state index is 13.2. The van der Waals surface area contributed by atoms with Crippen LogP contribution in [0.1, 0.15) is 10.5 Å². The first-order valence-corrected chi connectivity index (χ1v) is 9.06. The second kappa shape index (κ2) is 6.28. The van der Waals surface area contributed by atoms with Gasteiger partial charge in [0, 0.05) is 35.2 Å². The van der Waals surface area contributed by atoms with Gasteiger partial charge in [0.25, 0.3) is 11.5 Å². The molecule has 6 heteroatoms. The lowest BCUT2D eigenvalue weighted by Gasteiger charge is -2.08. The Bertz CT molecular complexity index is 1420. The van der Waals surface area contributed by atoms with Gasteiger partial charge in [-0.1, -0.05) is 36.4 Å². The van der Waals surface area contributed by atoms with Crippen LogP contribution in [0.5, 0.6) is 0 Å². The Morgan fingerprint density at radius 2 is 1.75 bits per heavy atom. The van der Waals surface area contributed by atoms with Crippen molar-refractivity contribution in [1.29, 1.82) is 0 Å². The molecule has 5 aromatic rings. The monoisotopic (exact) mass is 371 g/mol. The van der Waals surface area contributed by atoms with Gasteiger partial charge < -0.3 is 10.1 Å². The first-order chi connectivity index (χ1) is 13.7. The van der Waals surface area contributed by atoms with E-state index in [1.807, 2.05) is 42.5 Å². The molecule has 138 valence electrons. The molecule has 0 bridgehead atoms. The first kappa shape index (κ1) is 16.6. The normalized spacial score (nSPS) is 11.8. The Morgan fingerprint density at radius 1 is 1.04 bits per heavy atom. The number of hydrogen-bond acceptors (Lipinski definition) is 4. The van der Waals surface area contributed by atoms with Gasteiger partial charge in [-0.05, 0) is 18.2 Å². The Morgan fingerprint density at radius 3 is 2.54 bits per heavy atom. The smallest absolute Gasteiger partial charge is 0.270 e. The summed E-state index contributed by atoms with van der Waals surface area (Å²) < 4.78 is 6.71. The zero-order valence-corrected chi connectivity index (χ0v) is 15.2. The molecule has 3 heterocycles. The van der Waals surface area contributed by atoms with Crippen molar-refractivity contribution in [3.63, 3.8) is 0 Å². The predicted octanol–water partition coefficient (Wildman–Crippen LogP) is 2.97. The van der Waals surface area contributed by atoms with E-state index in [2.05, 4.69) is 10.3 Å². The van der Waals surface area contributed by atoms with Gasteiger partial charge in [0.1, 0.15) is 5.69 Å². The minimum atomic E-state index is -0.263. The fourth-order valence-corrected chi connectivity index (χ4v) is 3.86. The highest BCUT2D eigenvalue weighted by molar-refractivity contribution is 6.20. The van der Waals surface area contributed by atoms with Crippen LogP contribution < -0.4 is 10.9 Å². The molecule has 1 amide bonds. The zero-order valence-electron chi connectivity index (χ0n) is 15.2. The number of carbonyl (C=O) groups is 1. The van der Waals surface area contributed by atoms with E-state index in [9.17, 15) is 9.59 Å². The van der Waals surface area contributed by atoms with E-state index < -0.39 is 0 Å². The van der Waals surface area contributed by atoms with E-state index in [-0.39, 0.29) is 11.5 Å². The molecule has 0 radical (unpaired) electrons. The number of carbonyl (C=O) groups excluding carboxylic acids is 1. The van der Waals surface area contributed by atoms with Crippen LogP contribution in [0.15, 0.2) is 59.4 Å².